The molecular weight excluding hydrogens is 296 g/mol. The fraction of sp³-hybridized carbons (Fsp3) is 0.176. The Hall–Kier alpha value is -2.40. The predicted octanol–water partition coefficient (Wildman–Crippen LogP) is 3.49. The Balaban J connectivity index is 1.85. The van der Waals surface area contributed by atoms with E-state index in [2.05, 4.69) is 10.6 Å². The standard InChI is InChI=1S/C17H18N2O2S/c1-2-16(20)19-17(22)18-14-8-10-15(11-9-14)21-12-13-6-4-3-5-7-13/h3-11H,2,12H2,1H3,(H2,18,19,20,22). The number of carbonyl (C=O) groups excluding carboxylic acids is 1. The van der Waals surface area contributed by atoms with Gasteiger partial charge < -0.3 is 15.4 Å². The van der Waals surface area contributed by atoms with Crippen LogP contribution in [0.4, 0.5) is 5.69 Å². The first kappa shape index (κ1) is 16.0. The summed E-state index contributed by atoms with van der Waals surface area (Å²) in [4.78, 5) is 11.2. The van der Waals surface area contributed by atoms with Crippen molar-refractivity contribution in [2.45, 2.75) is 20.0 Å². The maximum Gasteiger partial charge on any atom is 0.225 e. The quantitative estimate of drug-likeness (QED) is 0.830. The number of thiocarbonyl (C=S) groups is 1. The molecule has 5 heteroatoms. The number of ether oxygens (including phenoxy) is 1. The fourth-order valence-corrected chi connectivity index (χ4v) is 1.98. The van der Waals surface area contributed by atoms with Crippen LogP contribution in [0, 0.1) is 0 Å². The molecule has 114 valence electrons. The summed E-state index contributed by atoms with van der Waals surface area (Å²) < 4.78 is 5.70. The zero-order valence-corrected chi connectivity index (χ0v) is 13.2. The van der Waals surface area contributed by atoms with Crippen molar-refractivity contribution in [1.82, 2.24) is 5.32 Å². The second-order valence-corrected chi connectivity index (χ2v) is 5.06. The molecule has 0 unspecified atom stereocenters. The first-order valence-electron chi connectivity index (χ1n) is 7.05. The summed E-state index contributed by atoms with van der Waals surface area (Å²) in [6.07, 6.45) is 0.397. The molecule has 0 aromatic heterocycles. The highest BCUT2D eigenvalue weighted by Gasteiger charge is 2.02. The lowest BCUT2D eigenvalue weighted by molar-refractivity contribution is -0.119. The number of anilines is 1. The van der Waals surface area contributed by atoms with E-state index in [-0.39, 0.29) is 5.91 Å². The molecule has 22 heavy (non-hydrogen) atoms. The number of amides is 1. The Morgan fingerprint density at radius 1 is 1.09 bits per heavy atom. The van der Waals surface area contributed by atoms with E-state index in [9.17, 15) is 4.79 Å². The van der Waals surface area contributed by atoms with Crippen LogP contribution in [0.1, 0.15) is 18.9 Å². The molecule has 0 radical (unpaired) electrons. The number of nitrogens with one attached hydrogen (secondary N) is 2. The van der Waals surface area contributed by atoms with Gasteiger partial charge in [0.2, 0.25) is 5.91 Å². The summed E-state index contributed by atoms with van der Waals surface area (Å²) in [6.45, 7) is 2.30. The third-order valence-electron chi connectivity index (χ3n) is 2.93. The molecule has 2 aromatic rings. The molecule has 0 aliphatic heterocycles. The molecule has 1 amide bonds. The van der Waals surface area contributed by atoms with Crippen LogP contribution in [0.2, 0.25) is 0 Å². The Morgan fingerprint density at radius 2 is 1.77 bits per heavy atom. The highest BCUT2D eigenvalue weighted by atomic mass is 32.1. The van der Waals surface area contributed by atoms with Gasteiger partial charge in [-0.25, -0.2) is 0 Å². The summed E-state index contributed by atoms with van der Waals surface area (Å²) in [5.74, 6) is 0.665. The van der Waals surface area contributed by atoms with Crippen LogP contribution < -0.4 is 15.4 Å². The molecule has 0 fully saturated rings. The molecule has 2 aromatic carbocycles. The van der Waals surface area contributed by atoms with Gasteiger partial charge in [0.25, 0.3) is 0 Å². The summed E-state index contributed by atoms with van der Waals surface area (Å²) >= 11 is 5.05. The Labute approximate surface area is 135 Å². The normalized spacial score (nSPS) is 9.86. The number of rotatable bonds is 5. The van der Waals surface area contributed by atoms with Crippen molar-refractivity contribution in [1.29, 1.82) is 0 Å². The molecular formula is C17H18N2O2S. The average molecular weight is 314 g/mol. The van der Waals surface area contributed by atoms with Gasteiger partial charge in [-0.05, 0) is 42.0 Å². The van der Waals surface area contributed by atoms with Crippen LogP contribution in [-0.2, 0) is 11.4 Å². The molecule has 0 saturated carbocycles. The predicted molar refractivity (Wildman–Crippen MR) is 91.9 cm³/mol. The SMILES string of the molecule is CCC(=O)NC(=S)Nc1ccc(OCc2ccccc2)cc1. The van der Waals surface area contributed by atoms with Crippen molar-refractivity contribution in [3.63, 3.8) is 0 Å². The average Bonchev–Trinajstić information content (AvgIpc) is 2.55. The highest BCUT2D eigenvalue weighted by Crippen LogP contribution is 2.17. The van der Waals surface area contributed by atoms with Crippen LogP contribution >= 0.6 is 12.2 Å². The van der Waals surface area contributed by atoms with Crippen molar-refractivity contribution in [2.24, 2.45) is 0 Å². The van der Waals surface area contributed by atoms with Crippen molar-refractivity contribution in [3.8, 4) is 5.75 Å². The smallest absolute Gasteiger partial charge is 0.225 e. The van der Waals surface area contributed by atoms with E-state index in [0.717, 1.165) is 17.0 Å². The van der Waals surface area contributed by atoms with Gasteiger partial charge in [-0.2, -0.15) is 0 Å². The van der Waals surface area contributed by atoms with Gasteiger partial charge in [-0.1, -0.05) is 37.3 Å². The zero-order chi connectivity index (χ0) is 15.8. The minimum Gasteiger partial charge on any atom is -0.489 e. The van der Waals surface area contributed by atoms with Gasteiger partial charge in [-0.3, -0.25) is 4.79 Å². The third kappa shape index (κ3) is 5.18. The molecule has 0 atom stereocenters. The minimum absolute atomic E-state index is 0.111. The minimum atomic E-state index is -0.111. The largest absolute Gasteiger partial charge is 0.489 e. The van der Waals surface area contributed by atoms with E-state index in [0.29, 0.717) is 18.1 Å². The van der Waals surface area contributed by atoms with E-state index < -0.39 is 0 Å². The first-order valence-corrected chi connectivity index (χ1v) is 7.46. The van der Waals surface area contributed by atoms with Crippen molar-refractivity contribution >= 4 is 28.9 Å². The second-order valence-electron chi connectivity index (χ2n) is 4.65. The lowest BCUT2D eigenvalue weighted by Gasteiger charge is -2.10. The molecule has 0 saturated heterocycles. The van der Waals surface area contributed by atoms with Crippen LogP contribution in [-0.4, -0.2) is 11.0 Å². The topological polar surface area (TPSA) is 50.4 Å². The molecule has 0 spiro atoms. The molecule has 2 N–H and O–H groups in total. The molecule has 0 heterocycles. The van der Waals surface area contributed by atoms with Gasteiger partial charge in [-0.15, -0.1) is 0 Å². The van der Waals surface area contributed by atoms with E-state index in [4.69, 9.17) is 17.0 Å². The number of benzene rings is 2. The Morgan fingerprint density at radius 3 is 2.41 bits per heavy atom. The van der Waals surface area contributed by atoms with Crippen molar-refractivity contribution in [3.05, 3.63) is 60.2 Å². The lowest BCUT2D eigenvalue weighted by atomic mass is 10.2. The maximum atomic E-state index is 11.2. The number of carbonyl (C=O) groups is 1. The van der Waals surface area contributed by atoms with Gasteiger partial charge in [0.05, 0.1) is 0 Å². The Bertz CT molecular complexity index is 627. The first-order chi connectivity index (χ1) is 10.7. The molecule has 4 nitrogen and oxygen atoms in total. The number of hydrogen-bond donors (Lipinski definition) is 2. The highest BCUT2D eigenvalue weighted by molar-refractivity contribution is 7.80. The molecule has 0 aliphatic carbocycles. The second kappa shape index (κ2) is 8.14. The van der Waals surface area contributed by atoms with Crippen molar-refractivity contribution in [2.75, 3.05) is 5.32 Å². The van der Waals surface area contributed by atoms with Crippen LogP contribution in [0.15, 0.2) is 54.6 Å². The van der Waals surface area contributed by atoms with Crippen molar-refractivity contribution < 1.29 is 9.53 Å². The molecule has 0 bridgehead atoms. The van der Waals surface area contributed by atoms with E-state index in [1.807, 2.05) is 54.6 Å². The lowest BCUT2D eigenvalue weighted by Crippen LogP contribution is -2.33. The van der Waals surface area contributed by atoms with Gasteiger partial charge in [0.15, 0.2) is 5.11 Å². The van der Waals surface area contributed by atoms with E-state index >= 15 is 0 Å². The van der Waals surface area contributed by atoms with Gasteiger partial charge in [0, 0.05) is 12.1 Å². The van der Waals surface area contributed by atoms with E-state index in [1.54, 1.807) is 6.92 Å². The van der Waals surface area contributed by atoms with Gasteiger partial charge >= 0.3 is 0 Å². The maximum absolute atomic E-state index is 11.2. The van der Waals surface area contributed by atoms with Crippen LogP contribution in [0.3, 0.4) is 0 Å². The summed E-state index contributed by atoms with van der Waals surface area (Å²) in [5, 5.41) is 5.84. The molecule has 0 aliphatic rings. The number of hydrogen-bond acceptors (Lipinski definition) is 3. The third-order valence-corrected chi connectivity index (χ3v) is 3.14. The summed E-state index contributed by atoms with van der Waals surface area (Å²) in [5.41, 5.74) is 1.92. The summed E-state index contributed by atoms with van der Waals surface area (Å²) in [6, 6.07) is 17.4. The zero-order valence-electron chi connectivity index (χ0n) is 12.3. The van der Waals surface area contributed by atoms with Crippen LogP contribution in [0.5, 0.6) is 5.75 Å². The molecule has 2 rings (SSSR count). The fourth-order valence-electron chi connectivity index (χ4n) is 1.75. The Kier molecular flexibility index (Phi) is 5.91. The van der Waals surface area contributed by atoms with Gasteiger partial charge in [0.1, 0.15) is 12.4 Å². The van der Waals surface area contributed by atoms with Crippen LogP contribution in [0.25, 0.3) is 0 Å². The monoisotopic (exact) mass is 314 g/mol. The van der Waals surface area contributed by atoms with E-state index in [1.165, 1.54) is 0 Å². The summed E-state index contributed by atoms with van der Waals surface area (Å²) in [7, 11) is 0.